The number of rotatable bonds is 1. The van der Waals surface area contributed by atoms with E-state index in [1.165, 1.54) is 6.42 Å². The molecule has 0 amide bonds. The number of anilines is 2. The summed E-state index contributed by atoms with van der Waals surface area (Å²) in [7, 11) is 0. The Labute approximate surface area is 108 Å². The molecule has 1 saturated heterocycles. The first-order valence-corrected chi connectivity index (χ1v) is 6.71. The normalized spacial score (nSPS) is 28.2. The Morgan fingerprint density at radius 2 is 2.29 bits per heavy atom. The van der Waals surface area contributed by atoms with Crippen molar-refractivity contribution in [3.8, 4) is 0 Å². The molecule has 1 aromatic heterocycles. The lowest BCUT2D eigenvalue weighted by Crippen LogP contribution is -2.49. The van der Waals surface area contributed by atoms with Crippen LogP contribution >= 0.6 is 15.9 Å². The van der Waals surface area contributed by atoms with Crippen molar-refractivity contribution in [3.63, 3.8) is 0 Å². The molecule has 5 nitrogen and oxygen atoms in total. The topological polar surface area (TPSA) is 64.3 Å². The fraction of sp³-hybridized carbons (Fsp3) is 0.636. The first-order chi connectivity index (χ1) is 8.24. The van der Waals surface area contributed by atoms with E-state index >= 15 is 0 Å². The maximum Gasteiger partial charge on any atom is 0.228 e. The predicted molar refractivity (Wildman–Crippen MR) is 68.9 cm³/mol. The van der Waals surface area contributed by atoms with Gasteiger partial charge in [0.1, 0.15) is 10.4 Å². The zero-order valence-corrected chi connectivity index (χ0v) is 11.1. The first-order valence-electron chi connectivity index (χ1n) is 5.92. The molecular weight excluding hydrogens is 284 g/mol. The van der Waals surface area contributed by atoms with Crippen molar-refractivity contribution in [2.75, 3.05) is 23.8 Å². The van der Waals surface area contributed by atoms with Gasteiger partial charge in [-0.1, -0.05) is 0 Å². The van der Waals surface area contributed by atoms with Crippen molar-refractivity contribution >= 4 is 27.7 Å². The van der Waals surface area contributed by atoms with Gasteiger partial charge >= 0.3 is 0 Å². The molecule has 1 aromatic rings. The van der Waals surface area contributed by atoms with Crippen molar-refractivity contribution in [2.24, 2.45) is 0 Å². The highest BCUT2D eigenvalue weighted by atomic mass is 79.9. The third-order valence-corrected chi connectivity index (χ3v) is 3.85. The van der Waals surface area contributed by atoms with Gasteiger partial charge in [0.05, 0.1) is 18.8 Å². The molecule has 0 spiro atoms. The van der Waals surface area contributed by atoms with E-state index in [1.54, 1.807) is 6.07 Å². The minimum absolute atomic E-state index is 0.340. The highest BCUT2D eigenvalue weighted by molar-refractivity contribution is 9.10. The van der Waals surface area contributed by atoms with Crippen LogP contribution in [0.2, 0.25) is 0 Å². The lowest BCUT2D eigenvalue weighted by molar-refractivity contribution is 0.0250. The van der Waals surface area contributed by atoms with E-state index in [-0.39, 0.29) is 0 Å². The summed E-state index contributed by atoms with van der Waals surface area (Å²) >= 11 is 3.36. The molecule has 0 bridgehead atoms. The van der Waals surface area contributed by atoms with E-state index in [0.717, 1.165) is 36.5 Å². The Bertz CT molecular complexity index is 408. The number of nitrogen functional groups attached to an aromatic ring is 1. The molecule has 2 fully saturated rings. The quantitative estimate of drug-likeness (QED) is 0.798. The van der Waals surface area contributed by atoms with Crippen LogP contribution in [-0.4, -0.2) is 35.3 Å². The van der Waals surface area contributed by atoms with Crippen molar-refractivity contribution < 1.29 is 4.74 Å². The maximum atomic E-state index is 5.77. The monoisotopic (exact) mass is 298 g/mol. The van der Waals surface area contributed by atoms with E-state index in [4.69, 9.17) is 10.5 Å². The molecule has 3 rings (SSSR count). The van der Waals surface area contributed by atoms with E-state index in [2.05, 4.69) is 30.8 Å². The Kier molecular flexibility index (Phi) is 2.92. The van der Waals surface area contributed by atoms with Gasteiger partial charge in [0.15, 0.2) is 0 Å². The second kappa shape index (κ2) is 4.42. The smallest absolute Gasteiger partial charge is 0.228 e. The molecule has 1 saturated carbocycles. The number of fused-ring (bicyclic) bond motifs is 1. The highest BCUT2D eigenvalue weighted by Crippen LogP contribution is 2.32. The summed E-state index contributed by atoms with van der Waals surface area (Å²) in [6, 6.07) is 2.13. The van der Waals surface area contributed by atoms with Crippen LogP contribution in [0.1, 0.15) is 19.3 Å². The summed E-state index contributed by atoms with van der Waals surface area (Å²) < 4.78 is 6.51. The van der Waals surface area contributed by atoms with Crippen LogP contribution in [0.3, 0.4) is 0 Å². The molecule has 1 aliphatic carbocycles. The standard InChI is InChI=1S/C11H15BrN4O/c12-9-6-10(13)15-11(14-9)16-4-5-17-8-3-1-2-7(8)16/h6-8H,1-5H2,(H2,13,14,15). The number of morpholine rings is 1. The third kappa shape index (κ3) is 2.11. The lowest BCUT2D eigenvalue weighted by Gasteiger charge is -2.37. The second-order valence-electron chi connectivity index (χ2n) is 4.52. The predicted octanol–water partition coefficient (Wildman–Crippen LogP) is 1.58. The number of nitrogens with two attached hydrogens (primary N) is 1. The van der Waals surface area contributed by atoms with Crippen LogP contribution in [-0.2, 0) is 4.74 Å². The van der Waals surface area contributed by atoms with E-state index < -0.39 is 0 Å². The molecule has 2 heterocycles. The van der Waals surface area contributed by atoms with Crippen LogP contribution in [0.25, 0.3) is 0 Å². The maximum absolute atomic E-state index is 5.77. The lowest BCUT2D eigenvalue weighted by atomic mass is 10.1. The van der Waals surface area contributed by atoms with Crippen LogP contribution in [0.5, 0.6) is 0 Å². The van der Waals surface area contributed by atoms with Crippen molar-refractivity contribution in [1.82, 2.24) is 9.97 Å². The van der Waals surface area contributed by atoms with Gasteiger partial charge in [0.2, 0.25) is 5.95 Å². The summed E-state index contributed by atoms with van der Waals surface area (Å²) in [5, 5.41) is 0. The van der Waals surface area contributed by atoms with Crippen molar-refractivity contribution in [3.05, 3.63) is 10.7 Å². The molecule has 17 heavy (non-hydrogen) atoms. The van der Waals surface area contributed by atoms with E-state index in [0.29, 0.717) is 18.0 Å². The molecule has 0 radical (unpaired) electrons. The fourth-order valence-corrected chi connectivity index (χ4v) is 3.12. The van der Waals surface area contributed by atoms with Crippen molar-refractivity contribution in [1.29, 1.82) is 0 Å². The summed E-state index contributed by atoms with van der Waals surface area (Å²) in [4.78, 5) is 11.0. The van der Waals surface area contributed by atoms with Gasteiger partial charge in [0, 0.05) is 12.6 Å². The summed E-state index contributed by atoms with van der Waals surface area (Å²) in [6.45, 7) is 1.59. The molecule has 2 N–H and O–H groups in total. The Morgan fingerprint density at radius 1 is 1.41 bits per heavy atom. The zero-order chi connectivity index (χ0) is 11.8. The molecule has 2 unspecified atom stereocenters. The summed E-state index contributed by atoms with van der Waals surface area (Å²) in [5.74, 6) is 1.22. The van der Waals surface area contributed by atoms with E-state index in [9.17, 15) is 0 Å². The zero-order valence-electron chi connectivity index (χ0n) is 9.47. The molecule has 6 heteroatoms. The molecule has 2 atom stereocenters. The summed E-state index contributed by atoms with van der Waals surface area (Å²) in [6.07, 6.45) is 3.85. The van der Waals surface area contributed by atoms with Gasteiger partial charge in [-0.25, -0.2) is 4.98 Å². The minimum Gasteiger partial charge on any atom is -0.383 e. The van der Waals surface area contributed by atoms with Gasteiger partial charge in [-0.05, 0) is 35.2 Å². The van der Waals surface area contributed by atoms with E-state index in [1.807, 2.05) is 0 Å². The van der Waals surface area contributed by atoms with Gasteiger partial charge in [-0.2, -0.15) is 4.98 Å². The number of nitrogens with zero attached hydrogens (tertiary/aromatic N) is 3. The largest absolute Gasteiger partial charge is 0.383 e. The van der Waals surface area contributed by atoms with Crippen LogP contribution in [0, 0.1) is 0 Å². The number of hydrogen-bond acceptors (Lipinski definition) is 5. The molecule has 2 aliphatic rings. The van der Waals surface area contributed by atoms with Gasteiger partial charge in [-0.3, -0.25) is 0 Å². The van der Waals surface area contributed by atoms with Crippen LogP contribution < -0.4 is 10.6 Å². The number of hydrogen-bond donors (Lipinski definition) is 1. The molecule has 92 valence electrons. The van der Waals surface area contributed by atoms with Crippen LogP contribution in [0.4, 0.5) is 11.8 Å². The number of ether oxygens (including phenoxy) is 1. The Morgan fingerprint density at radius 3 is 3.12 bits per heavy atom. The number of aromatic nitrogens is 2. The molecular formula is C11H15BrN4O. The average Bonchev–Trinajstić information content (AvgIpc) is 2.75. The number of halogens is 1. The minimum atomic E-state index is 0.340. The van der Waals surface area contributed by atoms with Gasteiger partial charge in [-0.15, -0.1) is 0 Å². The van der Waals surface area contributed by atoms with Crippen LogP contribution in [0.15, 0.2) is 10.7 Å². The molecule has 0 aromatic carbocycles. The first kappa shape index (κ1) is 11.2. The average molecular weight is 299 g/mol. The Hall–Kier alpha value is -0.880. The van der Waals surface area contributed by atoms with Crippen molar-refractivity contribution in [2.45, 2.75) is 31.4 Å². The molecule has 1 aliphatic heterocycles. The Balaban J connectivity index is 1.91. The third-order valence-electron chi connectivity index (χ3n) is 3.44. The fourth-order valence-electron chi connectivity index (χ4n) is 2.72. The highest BCUT2D eigenvalue weighted by Gasteiger charge is 2.37. The SMILES string of the molecule is Nc1cc(Br)nc(N2CCOC3CCCC32)n1. The second-order valence-corrected chi connectivity index (χ2v) is 5.33. The van der Waals surface area contributed by atoms with Gasteiger partial charge in [0.25, 0.3) is 0 Å². The van der Waals surface area contributed by atoms with Gasteiger partial charge < -0.3 is 15.4 Å². The summed E-state index contributed by atoms with van der Waals surface area (Å²) in [5.41, 5.74) is 5.76.